The molecule has 2 N–H and O–H groups in total. The van der Waals surface area contributed by atoms with E-state index in [1.54, 1.807) is 18.2 Å². The summed E-state index contributed by atoms with van der Waals surface area (Å²) in [4.78, 5) is 19.6. The van der Waals surface area contributed by atoms with Crippen LogP contribution in [0.15, 0.2) is 29.4 Å². The number of aromatic hydroxyl groups is 1. The van der Waals surface area contributed by atoms with Gasteiger partial charge in [-0.15, -0.1) is 0 Å². The molecular formula is C16H21N3O4. The van der Waals surface area contributed by atoms with Crippen LogP contribution in [0.2, 0.25) is 0 Å². The van der Waals surface area contributed by atoms with E-state index in [2.05, 4.69) is 15.4 Å². The van der Waals surface area contributed by atoms with Crippen molar-refractivity contribution in [3.05, 3.63) is 29.8 Å². The molecule has 1 saturated heterocycles. The first-order valence-corrected chi connectivity index (χ1v) is 7.83. The lowest BCUT2D eigenvalue weighted by Crippen LogP contribution is -2.43. The number of phenols is 1. The second kappa shape index (κ2) is 7.43. The quantitative estimate of drug-likeness (QED) is 0.817. The van der Waals surface area contributed by atoms with Crippen molar-refractivity contribution in [2.45, 2.75) is 12.5 Å². The number of para-hydroxylation sites is 1. The molecule has 0 saturated carbocycles. The van der Waals surface area contributed by atoms with Crippen molar-refractivity contribution in [1.29, 1.82) is 0 Å². The van der Waals surface area contributed by atoms with Gasteiger partial charge in [-0.25, -0.2) is 0 Å². The maximum atomic E-state index is 12.1. The number of nitrogens with zero attached hydrogens (tertiary/aromatic N) is 2. The maximum Gasteiger partial charge on any atom is 0.264 e. The van der Waals surface area contributed by atoms with E-state index >= 15 is 0 Å². The third kappa shape index (κ3) is 4.00. The highest BCUT2D eigenvalue weighted by Crippen LogP contribution is 2.23. The number of hydrogen-bond acceptors (Lipinski definition) is 6. The average molecular weight is 319 g/mol. The Labute approximate surface area is 134 Å². The minimum absolute atomic E-state index is 0.142. The van der Waals surface area contributed by atoms with Crippen molar-refractivity contribution < 1.29 is 19.5 Å². The number of rotatable bonds is 5. The van der Waals surface area contributed by atoms with Crippen LogP contribution in [0.1, 0.15) is 12.0 Å². The number of benzene rings is 1. The third-order valence-electron chi connectivity index (χ3n) is 4.01. The molecule has 7 heteroatoms. The van der Waals surface area contributed by atoms with Gasteiger partial charge in [0.1, 0.15) is 5.75 Å². The van der Waals surface area contributed by atoms with E-state index in [4.69, 9.17) is 9.57 Å². The zero-order valence-corrected chi connectivity index (χ0v) is 12.9. The maximum absolute atomic E-state index is 12.1. The number of hydrogen-bond donors (Lipinski definition) is 2. The Morgan fingerprint density at radius 3 is 2.91 bits per heavy atom. The zero-order chi connectivity index (χ0) is 16.1. The minimum Gasteiger partial charge on any atom is -0.507 e. The standard InChI is InChI=1S/C16H21N3O4/c20-14-4-2-1-3-12(14)13-11-15(23-18-13)16(21)17-5-6-19-7-9-22-10-8-19/h1-4,15,20H,5-11H2,(H,17,21)/t15-/m0/s1. The fraction of sp³-hybridized carbons (Fsp3) is 0.500. The molecule has 0 aromatic heterocycles. The Bertz CT molecular complexity index is 584. The van der Waals surface area contributed by atoms with Gasteiger partial charge in [-0.2, -0.15) is 0 Å². The van der Waals surface area contributed by atoms with Crippen molar-refractivity contribution >= 4 is 11.6 Å². The Morgan fingerprint density at radius 1 is 1.35 bits per heavy atom. The summed E-state index contributed by atoms with van der Waals surface area (Å²) in [5.41, 5.74) is 1.20. The Morgan fingerprint density at radius 2 is 2.13 bits per heavy atom. The van der Waals surface area contributed by atoms with Gasteiger partial charge < -0.3 is 20.0 Å². The number of oxime groups is 1. The molecule has 124 valence electrons. The van der Waals surface area contributed by atoms with E-state index in [-0.39, 0.29) is 11.7 Å². The molecule has 1 amide bonds. The molecule has 1 fully saturated rings. The SMILES string of the molecule is O=C(NCCN1CCOCC1)[C@@H]1CC(c2ccccc2O)=NO1. The summed E-state index contributed by atoms with van der Waals surface area (Å²) < 4.78 is 5.29. The van der Waals surface area contributed by atoms with Crippen molar-refractivity contribution in [2.75, 3.05) is 39.4 Å². The first-order chi connectivity index (χ1) is 11.2. The van der Waals surface area contributed by atoms with Gasteiger partial charge in [-0.05, 0) is 12.1 Å². The molecule has 2 aliphatic rings. The van der Waals surface area contributed by atoms with Gasteiger partial charge in [-0.3, -0.25) is 9.69 Å². The van der Waals surface area contributed by atoms with E-state index in [9.17, 15) is 9.90 Å². The highest BCUT2D eigenvalue weighted by molar-refractivity contribution is 6.05. The van der Waals surface area contributed by atoms with Crippen LogP contribution in [0, 0.1) is 0 Å². The van der Waals surface area contributed by atoms with Crippen LogP contribution >= 0.6 is 0 Å². The van der Waals surface area contributed by atoms with Gasteiger partial charge >= 0.3 is 0 Å². The van der Waals surface area contributed by atoms with Crippen LogP contribution in [-0.2, 0) is 14.4 Å². The fourth-order valence-corrected chi connectivity index (χ4v) is 2.67. The third-order valence-corrected chi connectivity index (χ3v) is 4.01. The second-order valence-corrected chi connectivity index (χ2v) is 5.60. The molecule has 2 heterocycles. The summed E-state index contributed by atoms with van der Waals surface area (Å²) >= 11 is 0. The summed E-state index contributed by atoms with van der Waals surface area (Å²) in [6.45, 7) is 4.67. The smallest absolute Gasteiger partial charge is 0.264 e. The predicted molar refractivity (Wildman–Crippen MR) is 84.4 cm³/mol. The molecule has 0 aliphatic carbocycles. The number of carbonyl (C=O) groups is 1. The summed E-state index contributed by atoms with van der Waals surface area (Å²) in [7, 11) is 0. The Hall–Kier alpha value is -2.12. The molecule has 0 radical (unpaired) electrons. The number of ether oxygens (including phenoxy) is 1. The molecule has 0 unspecified atom stereocenters. The Kier molecular flexibility index (Phi) is 5.09. The van der Waals surface area contributed by atoms with Crippen LogP contribution in [0.3, 0.4) is 0 Å². The second-order valence-electron chi connectivity index (χ2n) is 5.60. The highest BCUT2D eigenvalue weighted by Gasteiger charge is 2.29. The summed E-state index contributed by atoms with van der Waals surface area (Å²) in [6.07, 6.45) is -0.268. The summed E-state index contributed by atoms with van der Waals surface area (Å²) in [5.74, 6) is -0.0318. The molecule has 1 aromatic rings. The first-order valence-electron chi connectivity index (χ1n) is 7.83. The lowest BCUT2D eigenvalue weighted by atomic mass is 10.0. The summed E-state index contributed by atoms with van der Waals surface area (Å²) in [6, 6.07) is 6.90. The van der Waals surface area contributed by atoms with Gasteiger partial charge in [0.2, 0.25) is 6.10 Å². The topological polar surface area (TPSA) is 83.4 Å². The van der Waals surface area contributed by atoms with Gasteiger partial charge in [0, 0.05) is 38.2 Å². The van der Waals surface area contributed by atoms with Crippen LogP contribution in [-0.4, -0.2) is 67.1 Å². The largest absolute Gasteiger partial charge is 0.507 e. The average Bonchev–Trinajstić information content (AvgIpc) is 3.06. The van der Waals surface area contributed by atoms with Crippen LogP contribution in [0.4, 0.5) is 0 Å². The van der Waals surface area contributed by atoms with Crippen LogP contribution in [0.5, 0.6) is 5.75 Å². The lowest BCUT2D eigenvalue weighted by Gasteiger charge is -2.26. The van der Waals surface area contributed by atoms with E-state index in [0.717, 1.165) is 32.8 Å². The van der Waals surface area contributed by atoms with E-state index < -0.39 is 6.10 Å². The molecule has 7 nitrogen and oxygen atoms in total. The molecule has 1 atom stereocenters. The fourth-order valence-electron chi connectivity index (χ4n) is 2.67. The van der Waals surface area contributed by atoms with Gasteiger partial charge in [0.25, 0.3) is 5.91 Å². The molecule has 1 aromatic carbocycles. The van der Waals surface area contributed by atoms with E-state index in [1.807, 2.05) is 6.07 Å². The molecule has 2 aliphatic heterocycles. The van der Waals surface area contributed by atoms with Crippen molar-refractivity contribution in [2.24, 2.45) is 5.16 Å². The van der Waals surface area contributed by atoms with Gasteiger partial charge in [0.05, 0.1) is 18.9 Å². The number of nitrogens with one attached hydrogen (secondary N) is 1. The highest BCUT2D eigenvalue weighted by atomic mass is 16.6. The number of amides is 1. The normalized spacial score (nSPS) is 21.6. The van der Waals surface area contributed by atoms with Gasteiger partial charge in [-0.1, -0.05) is 17.3 Å². The number of morpholine rings is 1. The molecule has 3 rings (SSSR count). The zero-order valence-electron chi connectivity index (χ0n) is 12.9. The van der Waals surface area contributed by atoms with E-state index in [0.29, 0.717) is 24.2 Å². The Balaban J connectivity index is 1.44. The minimum atomic E-state index is -0.630. The van der Waals surface area contributed by atoms with Crippen LogP contribution in [0.25, 0.3) is 0 Å². The molecular weight excluding hydrogens is 298 g/mol. The molecule has 0 bridgehead atoms. The molecule has 0 spiro atoms. The van der Waals surface area contributed by atoms with Crippen molar-refractivity contribution in [3.8, 4) is 5.75 Å². The number of phenolic OH excluding ortho intramolecular Hbond substituents is 1. The number of carbonyl (C=O) groups excluding carboxylic acids is 1. The lowest BCUT2D eigenvalue weighted by molar-refractivity contribution is -0.131. The van der Waals surface area contributed by atoms with Gasteiger partial charge in [0.15, 0.2) is 0 Å². The van der Waals surface area contributed by atoms with E-state index in [1.165, 1.54) is 0 Å². The monoisotopic (exact) mass is 319 g/mol. The predicted octanol–water partition coefficient (Wildman–Crippen LogP) is 0.334. The van der Waals surface area contributed by atoms with Crippen molar-refractivity contribution in [1.82, 2.24) is 10.2 Å². The van der Waals surface area contributed by atoms with Crippen LogP contribution < -0.4 is 5.32 Å². The summed E-state index contributed by atoms with van der Waals surface area (Å²) in [5, 5.41) is 16.6. The van der Waals surface area contributed by atoms with Crippen molar-refractivity contribution in [3.63, 3.8) is 0 Å². The molecule has 23 heavy (non-hydrogen) atoms. The first kappa shape index (κ1) is 15.8.